The third-order valence-corrected chi connectivity index (χ3v) is 4.04. The number of carbonyl (C=O) groups excluding carboxylic acids is 1. The standard InChI is InChI=1S/C19H21N5O2/c1-13-4-5-14(2)17(8-13)26-18-7-6-16(9-21-18)10-22-19(25)15(3)24-12-20-11-23-24/h4-9,11-12,15H,10H2,1-3H3,(H,22,25). The summed E-state index contributed by atoms with van der Waals surface area (Å²) < 4.78 is 7.35. The molecule has 0 bridgehead atoms. The van der Waals surface area contributed by atoms with Crippen LogP contribution in [0.1, 0.15) is 29.7 Å². The summed E-state index contributed by atoms with van der Waals surface area (Å²) in [5, 5.41) is 6.84. The van der Waals surface area contributed by atoms with E-state index in [-0.39, 0.29) is 5.91 Å². The van der Waals surface area contributed by atoms with Gasteiger partial charge in [0.2, 0.25) is 11.8 Å². The van der Waals surface area contributed by atoms with E-state index in [4.69, 9.17) is 4.74 Å². The number of rotatable bonds is 6. The van der Waals surface area contributed by atoms with Crippen molar-refractivity contribution in [2.75, 3.05) is 0 Å². The van der Waals surface area contributed by atoms with Gasteiger partial charge in [-0.15, -0.1) is 0 Å². The van der Waals surface area contributed by atoms with E-state index in [2.05, 4.69) is 20.4 Å². The molecule has 3 aromatic rings. The van der Waals surface area contributed by atoms with Crippen molar-refractivity contribution in [1.82, 2.24) is 25.1 Å². The molecule has 134 valence electrons. The second-order valence-electron chi connectivity index (χ2n) is 6.14. The number of nitrogens with zero attached hydrogens (tertiary/aromatic N) is 4. The minimum atomic E-state index is -0.419. The van der Waals surface area contributed by atoms with Gasteiger partial charge in [-0.2, -0.15) is 5.10 Å². The topological polar surface area (TPSA) is 81.9 Å². The van der Waals surface area contributed by atoms with Crippen LogP contribution in [-0.2, 0) is 11.3 Å². The lowest BCUT2D eigenvalue weighted by Gasteiger charge is -2.12. The van der Waals surface area contributed by atoms with Crippen LogP contribution in [0.15, 0.2) is 49.2 Å². The van der Waals surface area contributed by atoms with Gasteiger partial charge < -0.3 is 10.1 Å². The van der Waals surface area contributed by atoms with Crippen molar-refractivity contribution >= 4 is 5.91 Å². The fourth-order valence-electron chi connectivity index (χ4n) is 2.38. The van der Waals surface area contributed by atoms with Crippen LogP contribution in [0.2, 0.25) is 0 Å². The van der Waals surface area contributed by atoms with Gasteiger partial charge in [0.15, 0.2) is 0 Å². The van der Waals surface area contributed by atoms with Gasteiger partial charge >= 0.3 is 0 Å². The van der Waals surface area contributed by atoms with Gasteiger partial charge in [-0.25, -0.2) is 14.6 Å². The Morgan fingerprint density at radius 2 is 2.12 bits per heavy atom. The molecule has 1 amide bonds. The Balaban J connectivity index is 1.57. The Bertz CT molecular complexity index is 875. The van der Waals surface area contributed by atoms with Gasteiger partial charge in [0.1, 0.15) is 24.4 Å². The summed E-state index contributed by atoms with van der Waals surface area (Å²) in [4.78, 5) is 20.3. The highest BCUT2D eigenvalue weighted by Crippen LogP contribution is 2.24. The van der Waals surface area contributed by atoms with Crippen LogP contribution in [0.5, 0.6) is 11.6 Å². The number of amides is 1. The highest BCUT2D eigenvalue weighted by Gasteiger charge is 2.14. The molecule has 0 saturated carbocycles. The zero-order valence-corrected chi connectivity index (χ0v) is 15.0. The molecule has 0 aliphatic rings. The van der Waals surface area contributed by atoms with E-state index < -0.39 is 6.04 Å². The largest absolute Gasteiger partial charge is 0.439 e. The first-order valence-corrected chi connectivity index (χ1v) is 8.35. The van der Waals surface area contributed by atoms with Crippen LogP contribution in [-0.4, -0.2) is 25.7 Å². The van der Waals surface area contributed by atoms with Crippen LogP contribution in [0.4, 0.5) is 0 Å². The summed E-state index contributed by atoms with van der Waals surface area (Å²) in [5.41, 5.74) is 3.07. The maximum Gasteiger partial charge on any atom is 0.244 e. The maximum absolute atomic E-state index is 12.1. The summed E-state index contributed by atoms with van der Waals surface area (Å²) in [5.74, 6) is 1.18. The molecule has 3 rings (SSSR count). The van der Waals surface area contributed by atoms with Crippen LogP contribution in [0.25, 0.3) is 0 Å². The molecule has 2 aromatic heterocycles. The van der Waals surface area contributed by atoms with Crippen LogP contribution in [0, 0.1) is 13.8 Å². The molecule has 7 nitrogen and oxygen atoms in total. The molecule has 1 aromatic carbocycles. The van der Waals surface area contributed by atoms with Gasteiger partial charge in [-0.05, 0) is 43.5 Å². The molecular formula is C19H21N5O2. The van der Waals surface area contributed by atoms with E-state index in [1.807, 2.05) is 38.1 Å². The van der Waals surface area contributed by atoms with E-state index >= 15 is 0 Å². The molecule has 0 radical (unpaired) electrons. The number of aromatic nitrogens is 4. The molecule has 26 heavy (non-hydrogen) atoms. The number of aryl methyl sites for hydroxylation is 2. The Labute approximate surface area is 152 Å². The van der Waals surface area contributed by atoms with Crippen molar-refractivity contribution in [1.29, 1.82) is 0 Å². The van der Waals surface area contributed by atoms with Crippen LogP contribution < -0.4 is 10.1 Å². The van der Waals surface area contributed by atoms with Gasteiger partial charge in [0.05, 0.1) is 0 Å². The minimum Gasteiger partial charge on any atom is -0.439 e. The number of carbonyl (C=O) groups is 1. The number of hydrogen-bond acceptors (Lipinski definition) is 5. The van der Waals surface area contributed by atoms with Crippen molar-refractivity contribution < 1.29 is 9.53 Å². The highest BCUT2D eigenvalue weighted by molar-refractivity contribution is 5.79. The lowest BCUT2D eigenvalue weighted by Crippen LogP contribution is -2.30. The van der Waals surface area contributed by atoms with Crippen LogP contribution in [0.3, 0.4) is 0 Å². The summed E-state index contributed by atoms with van der Waals surface area (Å²) >= 11 is 0. The van der Waals surface area contributed by atoms with Crippen molar-refractivity contribution in [3.05, 3.63) is 65.9 Å². The maximum atomic E-state index is 12.1. The monoisotopic (exact) mass is 351 g/mol. The first-order valence-electron chi connectivity index (χ1n) is 8.35. The lowest BCUT2D eigenvalue weighted by atomic mass is 10.1. The Morgan fingerprint density at radius 3 is 2.81 bits per heavy atom. The Morgan fingerprint density at radius 1 is 1.27 bits per heavy atom. The molecule has 0 fully saturated rings. The second kappa shape index (κ2) is 7.77. The van der Waals surface area contributed by atoms with Gasteiger partial charge in [-0.1, -0.05) is 18.2 Å². The molecule has 0 aliphatic heterocycles. The van der Waals surface area contributed by atoms with Crippen molar-refractivity contribution in [2.24, 2.45) is 0 Å². The number of benzene rings is 1. The smallest absolute Gasteiger partial charge is 0.244 e. The quantitative estimate of drug-likeness (QED) is 0.738. The Hall–Kier alpha value is -3.22. The molecular weight excluding hydrogens is 330 g/mol. The van der Waals surface area contributed by atoms with E-state index in [1.165, 1.54) is 17.3 Å². The van der Waals surface area contributed by atoms with E-state index in [1.54, 1.807) is 19.2 Å². The molecule has 1 N–H and O–H groups in total. The molecule has 0 saturated heterocycles. The van der Waals surface area contributed by atoms with Crippen molar-refractivity contribution in [3.8, 4) is 11.6 Å². The fourth-order valence-corrected chi connectivity index (χ4v) is 2.38. The summed E-state index contributed by atoms with van der Waals surface area (Å²) in [6.07, 6.45) is 4.62. The van der Waals surface area contributed by atoms with Gasteiger partial charge in [0.25, 0.3) is 0 Å². The minimum absolute atomic E-state index is 0.133. The Kier molecular flexibility index (Phi) is 5.26. The van der Waals surface area contributed by atoms with Crippen molar-refractivity contribution in [3.63, 3.8) is 0 Å². The first-order chi connectivity index (χ1) is 12.5. The first kappa shape index (κ1) is 17.6. The molecule has 2 heterocycles. The van der Waals surface area contributed by atoms with Crippen LogP contribution >= 0.6 is 0 Å². The zero-order chi connectivity index (χ0) is 18.5. The molecule has 1 unspecified atom stereocenters. The SMILES string of the molecule is Cc1ccc(C)c(Oc2ccc(CNC(=O)C(C)n3cncn3)cn2)c1. The number of pyridine rings is 1. The third kappa shape index (κ3) is 4.24. The summed E-state index contributed by atoms with van der Waals surface area (Å²) in [7, 11) is 0. The molecule has 7 heteroatoms. The average Bonchev–Trinajstić information content (AvgIpc) is 3.18. The predicted molar refractivity (Wildman–Crippen MR) is 96.8 cm³/mol. The molecule has 1 atom stereocenters. The molecule has 0 aliphatic carbocycles. The predicted octanol–water partition coefficient (Wildman–Crippen LogP) is 2.96. The normalized spacial score (nSPS) is 11.8. The highest BCUT2D eigenvalue weighted by atomic mass is 16.5. The number of nitrogens with one attached hydrogen (secondary N) is 1. The van der Waals surface area contributed by atoms with E-state index in [9.17, 15) is 4.79 Å². The van der Waals surface area contributed by atoms with Crippen molar-refractivity contribution in [2.45, 2.75) is 33.4 Å². The number of ether oxygens (including phenoxy) is 1. The van der Waals surface area contributed by atoms with Gasteiger partial charge in [-0.3, -0.25) is 4.79 Å². The fraction of sp³-hybridized carbons (Fsp3) is 0.263. The summed E-state index contributed by atoms with van der Waals surface area (Å²) in [6, 6.07) is 9.30. The zero-order valence-electron chi connectivity index (χ0n) is 15.0. The second-order valence-corrected chi connectivity index (χ2v) is 6.14. The average molecular weight is 351 g/mol. The van der Waals surface area contributed by atoms with Gasteiger partial charge in [0, 0.05) is 18.8 Å². The number of hydrogen-bond donors (Lipinski definition) is 1. The van der Waals surface area contributed by atoms with E-state index in [0.29, 0.717) is 12.4 Å². The summed E-state index contributed by atoms with van der Waals surface area (Å²) in [6.45, 7) is 6.17. The molecule has 0 spiro atoms. The lowest BCUT2D eigenvalue weighted by molar-refractivity contribution is -0.124. The third-order valence-electron chi connectivity index (χ3n) is 4.04. The van der Waals surface area contributed by atoms with E-state index in [0.717, 1.165) is 22.4 Å².